The van der Waals surface area contributed by atoms with Gasteiger partial charge >= 0.3 is 0 Å². The summed E-state index contributed by atoms with van der Waals surface area (Å²) in [4.78, 5) is 38.8. The van der Waals surface area contributed by atoms with Gasteiger partial charge in [0.1, 0.15) is 11.4 Å². The standard InChI is InChI=1S/C17H18N2O5S/c1-10(20)18-14-15(19(2)11-7-8-25(23,24)9-11)17(22)13-6-4-3-5-12(13)16(14)21/h3-6,11H,7-9H2,1-2H3,(H,18,20)/t11-/m0/s1. The third-order valence-corrected chi connectivity index (χ3v) is 6.26. The van der Waals surface area contributed by atoms with E-state index in [1.165, 1.54) is 17.9 Å². The number of sulfone groups is 1. The van der Waals surface area contributed by atoms with Crippen molar-refractivity contribution in [1.29, 1.82) is 0 Å². The Morgan fingerprint density at radius 1 is 1.16 bits per heavy atom. The van der Waals surface area contributed by atoms with Crippen LogP contribution in [0.1, 0.15) is 34.1 Å². The lowest BCUT2D eigenvalue weighted by molar-refractivity contribution is -0.118. The number of carbonyl (C=O) groups is 3. The molecule has 1 aliphatic heterocycles. The molecule has 1 amide bonds. The summed E-state index contributed by atoms with van der Waals surface area (Å²) < 4.78 is 23.5. The summed E-state index contributed by atoms with van der Waals surface area (Å²) in [6.45, 7) is 1.25. The molecule has 1 saturated heterocycles. The molecule has 0 saturated carbocycles. The molecular weight excluding hydrogens is 344 g/mol. The van der Waals surface area contributed by atoms with Crippen LogP contribution in [0.25, 0.3) is 0 Å². The van der Waals surface area contributed by atoms with Crippen molar-refractivity contribution in [3.63, 3.8) is 0 Å². The van der Waals surface area contributed by atoms with Crippen LogP contribution in [0.5, 0.6) is 0 Å². The van der Waals surface area contributed by atoms with Crippen molar-refractivity contribution >= 4 is 27.3 Å². The Bertz CT molecular complexity index is 917. The number of nitrogens with zero attached hydrogens (tertiary/aromatic N) is 1. The summed E-state index contributed by atoms with van der Waals surface area (Å²) in [7, 11) is -1.57. The van der Waals surface area contributed by atoms with E-state index in [4.69, 9.17) is 0 Å². The lowest BCUT2D eigenvalue weighted by Crippen LogP contribution is -2.42. The molecule has 3 rings (SSSR count). The number of allylic oxidation sites excluding steroid dienone is 2. The molecule has 1 N–H and O–H groups in total. The third kappa shape index (κ3) is 3.09. The number of benzene rings is 1. The molecule has 1 aliphatic carbocycles. The maximum Gasteiger partial charge on any atom is 0.221 e. The maximum atomic E-state index is 13.0. The molecule has 7 nitrogen and oxygen atoms in total. The predicted octanol–water partition coefficient (Wildman–Crippen LogP) is 0.532. The predicted molar refractivity (Wildman–Crippen MR) is 90.8 cm³/mol. The van der Waals surface area contributed by atoms with Crippen LogP contribution in [0.2, 0.25) is 0 Å². The van der Waals surface area contributed by atoms with Gasteiger partial charge in [-0.2, -0.15) is 0 Å². The van der Waals surface area contributed by atoms with Gasteiger partial charge < -0.3 is 10.2 Å². The molecule has 1 aromatic carbocycles. The number of nitrogens with one attached hydrogen (secondary N) is 1. The number of carbonyl (C=O) groups excluding carboxylic acids is 3. The summed E-state index contributed by atoms with van der Waals surface area (Å²) >= 11 is 0. The van der Waals surface area contributed by atoms with Gasteiger partial charge in [-0.05, 0) is 6.42 Å². The zero-order valence-electron chi connectivity index (χ0n) is 13.9. The van der Waals surface area contributed by atoms with Gasteiger partial charge in [-0.25, -0.2) is 8.42 Å². The number of ketones is 2. The Balaban J connectivity index is 2.10. The molecule has 1 aromatic rings. The molecule has 1 atom stereocenters. The van der Waals surface area contributed by atoms with E-state index in [0.717, 1.165) is 0 Å². The quantitative estimate of drug-likeness (QED) is 0.842. The Morgan fingerprint density at radius 3 is 2.28 bits per heavy atom. The van der Waals surface area contributed by atoms with Crippen LogP contribution in [0, 0.1) is 0 Å². The zero-order chi connectivity index (χ0) is 18.4. The lowest BCUT2D eigenvalue weighted by Gasteiger charge is -2.32. The molecule has 0 bridgehead atoms. The van der Waals surface area contributed by atoms with E-state index in [9.17, 15) is 22.8 Å². The molecular formula is C17H18N2O5S. The van der Waals surface area contributed by atoms with E-state index in [1.54, 1.807) is 25.2 Å². The smallest absolute Gasteiger partial charge is 0.221 e. The number of amides is 1. The zero-order valence-corrected chi connectivity index (χ0v) is 14.7. The van der Waals surface area contributed by atoms with Crippen LogP contribution >= 0.6 is 0 Å². The van der Waals surface area contributed by atoms with Gasteiger partial charge in [-0.15, -0.1) is 0 Å². The fourth-order valence-corrected chi connectivity index (χ4v) is 5.03. The number of Topliss-reactive ketones (excluding diaryl/α,β-unsaturated/α-hetero) is 2. The first-order chi connectivity index (χ1) is 11.7. The first-order valence-electron chi connectivity index (χ1n) is 7.85. The van der Waals surface area contributed by atoms with Crippen LogP contribution in [0.4, 0.5) is 0 Å². The van der Waals surface area contributed by atoms with Gasteiger partial charge in [0.05, 0.1) is 11.5 Å². The summed E-state index contributed by atoms with van der Waals surface area (Å²) in [5.41, 5.74) is 0.431. The highest BCUT2D eigenvalue weighted by molar-refractivity contribution is 7.91. The Labute approximate surface area is 145 Å². The van der Waals surface area contributed by atoms with Crippen molar-refractivity contribution in [2.45, 2.75) is 19.4 Å². The Hall–Kier alpha value is -2.48. The van der Waals surface area contributed by atoms with Crippen LogP contribution in [0.15, 0.2) is 35.7 Å². The second-order valence-corrected chi connectivity index (χ2v) is 8.51. The van der Waals surface area contributed by atoms with E-state index in [-0.39, 0.29) is 34.0 Å². The Morgan fingerprint density at radius 2 is 1.76 bits per heavy atom. The molecule has 2 aliphatic rings. The van der Waals surface area contributed by atoms with Gasteiger partial charge in [0.2, 0.25) is 17.5 Å². The number of likely N-dealkylation sites (N-methyl/N-ethyl adjacent to an activating group) is 1. The van der Waals surface area contributed by atoms with Gasteiger partial charge in [0, 0.05) is 31.1 Å². The van der Waals surface area contributed by atoms with Crippen molar-refractivity contribution in [2.75, 3.05) is 18.6 Å². The van der Waals surface area contributed by atoms with E-state index < -0.39 is 33.4 Å². The largest absolute Gasteiger partial charge is 0.366 e. The molecule has 8 heteroatoms. The summed E-state index contributed by atoms with van der Waals surface area (Å²) in [6, 6.07) is 5.98. The van der Waals surface area contributed by atoms with Gasteiger partial charge in [0.25, 0.3) is 0 Å². The second kappa shape index (κ2) is 6.11. The summed E-state index contributed by atoms with van der Waals surface area (Å²) in [5.74, 6) is -1.35. The highest BCUT2D eigenvalue weighted by Gasteiger charge is 2.39. The van der Waals surface area contributed by atoms with Crippen molar-refractivity contribution in [1.82, 2.24) is 10.2 Å². The van der Waals surface area contributed by atoms with Crippen LogP contribution < -0.4 is 5.32 Å². The SMILES string of the molecule is CC(=O)NC1=C(N(C)[C@H]2CCS(=O)(=O)C2)C(=O)c2ccccc2C1=O. The van der Waals surface area contributed by atoms with Gasteiger partial charge in [-0.3, -0.25) is 14.4 Å². The normalized spacial score (nSPS) is 21.9. The Kier molecular flexibility index (Phi) is 4.24. The first-order valence-corrected chi connectivity index (χ1v) is 9.67. The third-order valence-electron chi connectivity index (χ3n) is 4.51. The van der Waals surface area contributed by atoms with E-state index in [0.29, 0.717) is 6.42 Å². The fourth-order valence-electron chi connectivity index (χ4n) is 3.25. The average Bonchev–Trinajstić information content (AvgIpc) is 2.92. The van der Waals surface area contributed by atoms with Crippen molar-refractivity contribution in [3.8, 4) is 0 Å². The fraction of sp³-hybridized carbons (Fsp3) is 0.353. The van der Waals surface area contributed by atoms with Crippen molar-refractivity contribution in [3.05, 3.63) is 46.8 Å². The van der Waals surface area contributed by atoms with E-state index in [1.807, 2.05) is 0 Å². The number of hydrogen-bond acceptors (Lipinski definition) is 6. The molecule has 132 valence electrons. The number of fused-ring (bicyclic) bond motifs is 1. The minimum Gasteiger partial charge on any atom is -0.366 e. The minimum atomic E-state index is -3.16. The van der Waals surface area contributed by atoms with Gasteiger partial charge in [-0.1, -0.05) is 24.3 Å². The topological polar surface area (TPSA) is 101 Å². The molecule has 0 spiro atoms. The molecule has 1 heterocycles. The van der Waals surface area contributed by atoms with Crippen LogP contribution in [-0.4, -0.2) is 55.4 Å². The monoisotopic (exact) mass is 362 g/mol. The highest BCUT2D eigenvalue weighted by atomic mass is 32.2. The van der Waals surface area contributed by atoms with Crippen LogP contribution in [-0.2, 0) is 14.6 Å². The van der Waals surface area contributed by atoms with Crippen molar-refractivity contribution < 1.29 is 22.8 Å². The first kappa shape index (κ1) is 17.3. The van der Waals surface area contributed by atoms with Gasteiger partial charge in [0.15, 0.2) is 9.84 Å². The molecule has 0 radical (unpaired) electrons. The molecule has 25 heavy (non-hydrogen) atoms. The minimum absolute atomic E-state index is 0.0426. The van der Waals surface area contributed by atoms with E-state index >= 15 is 0 Å². The second-order valence-electron chi connectivity index (χ2n) is 6.28. The van der Waals surface area contributed by atoms with E-state index in [2.05, 4.69) is 5.32 Å². The summed E-state index contributed by atoms with van der Waals surface area (Å²) in [6.07, 6.45) is 0.374. The summed E-state index contributed by atoms with van der Waals surface area (Å²) in [5, 5.41) is 2.46. The molecule has 0 unspecified atom stereocenters. The van der Waals surface area contributed by atoms with Crippen LogP contribution in [0.3, 0.4) is 0 Å². The molecule has 1 fully saturated rings. The average molecular weight is 362 g/mol. The van der Waals surface area contributed by atoms with Crippen molar-refractivity contribution in [2.24, 2.45) is 0 Å². The lowest BCUT2D eigenvalue weighted by atomic mass is 9.89. The number of hydrogen-bond donors (Lipinski definition) is 1. The highest BCUT2D eigenvalue weighted by Crippen LogP contribution is 2.30. The maximum absolute atomic E-state index is 13.0. The number of rotatable bonds is 3. The molecule has 0 aromatic heterocycles.